The number of aromatic nitrogens is 1. The predicted molar refractivity (Wildman–Crippen MR) is 70.8 cm³/mol. The highest BCUT2D eigenvalue weighted by Crippen LogP contribution is 2.20. The van der Waals surface area contributed by atoms with E-state index >= 15 is 0 Å². The van der Waals surface area contributed by atoms with Crippen LogP contribution < -0.4 is 5.32 Å². The van der Waals surface area contributed by atoms with Gasteiger partial charge in [0.15, 0.2) is 0 Å². The molecule has 0 saturated carbocycles. The molecule has 1 saturated heterocycles. The summed E-state index contributed by atoms with van der Waals surface area (Å²) in [6.45, 7) is 4.73. The Morgan fingerprint density at radius 2 is 2.24 bits per heavy atom. The minimum atomic E-state index is 0.873. The molecule has 2 heterocycles. The Morgan fingerprint density at radius 3 is 3.00 bits per heavy atom. The van der Waals surface area contributed by atoms with Crippen molar-refractivity contribution in [2.24, 2.45) is 5.92 Å². The van der Waals surface area contributed by atoms with Crippen LogP contribution >= 0.6 is 0 Å². The van der Waals surface area contributed by atoms with Crippen LogP contribution in [0.25, 0.3) is 0 Å². The minimum Gasteiger partial charge on any atom is -0.320 e. The second kappa shape index (κ2) is 6.72. The first-order valence-electron chi connectivity index (χ1n) is 6.64. The lowest BCUT2D eigenvalue weighted by molar-refractivity contribution is 0.162. The maximum atomic E-state index is 4.07. The van der Waals surface area contributed by atoms with E-state index in [9.17, 15) is 0 Å². The first kappa shape index (κ1) is 12.5. The number of piperidine rings is 1. The van der Waals surface area contributed by atoms with Crippen molar-refractivity contribution < 1.29 is 0 Å². The molecule has 94 valence electrons. The first-order valence-corrected chi connectivity index (χ1v) is 6.64. The Kier molecular flexibility index (Phi) is 4.95. The standard InChI is InChI=1S/C14H23N3/c1-15-7-4-13-3-2-10-17(11-13)12-14-5-8-16-9-6-14/h5-6,8-9,13,15H,2-4,7,10-12H2,1H3. The number of likely N-dealkylation sites (tertiary alicyclic amines) is 1. The molecule has 1 unspecified atom stereocenters. The molecule has 1 aliphatic heterocycles. The molecule has 1 aromatic heterocycles. The van der Waals surface area contributed by atoms with E-state index in [0.29, 0.717) is 0 Å². The Balaban J connectivity index is 1.81. The molecule has 0 amide bonds. The van der Waals surface area contributed by atoms with Crippen LogP contribution in [-0.4, -0.2) is 36.6 Å². The van der Waals surface area contributed by atoms with Gasteiger partial charge < -0.3 is 5.32 Å². The van der Waals surface area contributed by atoms with E-state index in [0.717, 1.165) is 19.0 Å². The number of rotatable bonds is 5. The molecule has 1 aliphatic rings. The van der Waals surface area contributed by atoms with E-state index in [1.807, 2.05) is 19.4 Å². The number of hydrogen-bond acceptors (Lipinski definition) is 3. The summed E-state index contributed by atoms with van der Waals surface area (Å²) >= 11 is 0. The quantitative estimate of drug-likeness (QED) is 0.842. The van der Waals surface area contributed by atoms with E-state index in [1.54, 1.807) is 0 Å². The van der Waals surface area contributed by atoms with Crippen molar-refractivity contribution in [1.29, 1.82) is 0 Å². The second-order valence-corrected chi connectivity index (χ2v) is 4.99. The van der Waals surface area contributed by atoms with Crippen molar-refractivity contribution in [2.45, 2.75) is 25.8 Å². The lowest BCUT2D eigenvalue weighted by Crippen LogP contribution is -2.35. The molecule has 1 N–H and O–H groups in total. The van der Waals surface area contributed by atoms with Crippen LogP contribution in [0.15, 0.2) is 24.5 Å². The average molecular weight is 233 g/mol. The summed E-state index contributed by atoms with van der Waals surface area (Å²) < 4.78 is 0. The van der Waals surface area contributed by atoms with E-state index in [1.165, 1.54) is 37.9 Å². The van der Waals surface area contributed by atoms with Crippen molar-refractivity contribution in [2.75, 3.05) is 26.7 Å². The number of nitrogens with zero attached hydrogens (tertiary/aromatic N) is 2. The first-order chi connectivity index (χ1) is 8.38. The summed E-state index contributed by atoms with van der Waals surface area (Å²) in [5.41, 5.74) is 1.38. The van der Waals surface area contributed by atoms with Crippen molar-refractivity contribution in [1.82, 2.24) is 15.2 Å². The highest BCUT2D eigenvalue weighted by Gasteiger charge is 2.19. The highest BCUT2D eigenvalue weighted by molar-refractivity contribution is 5.09. The Labute approximate surface area is 104 Å². The van der Waals surface area contributed by atoms with Crippen molar-refractivity contribution >= 4 is 0 Å². The van der Waals surface area contributed by atoms with Gasteiger partial charge in [-0.1, -0.05) is 0 Å². The van der Waals surface area contributed by atoms with Gasteiger partial charge in [0.1, 0.15) is 0 Å². The molecule has 3 heteroatoms. The smallest absolute Gasteiger partial charge is 0.0271 e. The summed E-state index contributed by atoms with van der Waals surface area (Å²) in [5.74, 6) is 0.873. The fourth-order valence-corrected chi connectivity index (χ4v) is 2.63. The van der Waals surface area contributed by atoms with Crippen LogP contribution in [0.2, 0.25) is 0 Å². The molecular formula is C14H23N3. The molecule has 1 fully saturated rings. The van der Waals surface area contributed by atoms with Gasteiger partial charge in [0, 0.05) is 25.5 Å². The fourth-order valence-electron chi connectivity index (χ4n) is 2.63. The van der Waals surface area contributed by atoms with Crippen molar-refractivity contribution in [3.8, 4) is 0 Å². The summed E-state index contributed by atoms with van der Waals surface area (Å²) in [6.07, 6.45) is 7.83. The molecular weight excluding hydrogens is 210 g/mol. The van der Waals surface area contributed by atoms with Crippen LogP contribution in [0.1, 0.15) is 24.8 Å². The largest absolute Gasteiger partial charge is 0.320 e. The lowest BCUT2D eigenvalue weighted by Gasteiger charge is -2.32. The van der Waals surface area contributed by atoms with Gasteiger partial charge >= 0.3 is 0 Å². The number of pyridine rings is 1. The molecule has 17 heavy (non-hydrogen) atoms. The van der Waals surface area contributed by atoms with Gasteiger partial charge in [0.2, 0.25) is 0 Å². The zero-order valence-electron chi connectivity index (χ0n) is 10.7. The van der Waals surface area contributed by atoms with E-state index in [-0.39, 0.29) is 0 Å². The number of hydrogen-bond donors (Lipinski definition) is 1. The Bertz CT molecular complexity index is 313. The molecule has 0 bridgehead atoms. The number of nitrogens with one attached hydrogen (secondary N) is 1. The van der Waals surface area contributed by atoms with Gasteiger partial charge in [-0.05, 0) is 63.0 Å². The SMILES string of the molecule is CNCCC1CCCN(Cc2ccncc2)C1. The average Bonchev–Trinajstić information content (AvgIpc) is 2.38. The van der Waals surface area contributed by atoms with E-state index in [2.05, 4.69) is 27.3 Å². The summed E-state index contributed by atoms with van der Waals surface area (Å²) in [6, 6.07) is 4.24. The zero-order chi connectivity index (χ0) is 11.9. The van der Waals surface area contributed by atoms with Crippen LogP contribution in [-0.2, 0) is 6.54 Å². The molecule has 0 aliphatic carbocycles. The summed E-state index contributed by atoms with van der Waals surface area (Å²) in [5, 5.41) is 3.25. The molecule has 0 aromatic carbocycles. The summed E-state index contributed by atoms with van der Waals surface area (Å²) in [4.78, 5) is 6.65. The summed E-state index contributed by atoms with van der Waals surface area (Å²) in [7, 11) is 2.04. The van der Waals surface area contributed by atoms with Crippen LogP contribution in [0.3, 0.4) is 0 Å². The van der Waals surface area contributed by atoms with Gasteiger partial charge in [0.25, 0.3) is 0 Å². The van der Waals surface area contributed by atoms with E-state index < -0.39 is 0 Å². The third-order valence-corrected chi connectivity index (χ3v) is 3.56. The predicted octanol–water partition coefficient (Wildman–Crippen LogP) is 1.90. The Morgan fingerprint density at radius 1 is 1.41 bits per heavy atom. The maximum Gasteiger partial charge on any atom is 0.0271 e. The molecule has 2 rings (SSSR count). The van der Waals surface area contributed by atoms with Gasteiger partial charge in [-0.25, -0.2) is 0 Å². The third-order valence-electron chi connectivity index (χ3n) is 3.56. The van der Waals surface area contributed by atoms with Crippen molar-refractivity contribution in [3.05, 3.63) is 30.1 Å². The van der Waals surface area contributed by atoms with Crippen LogP contribution in [0.5, 0.6) is 0 Å². The van der Waals surface area contributed by atoms with Crippen LogP contribution in [0, 0.1) is 5.92 Å². The van der Waals surface area contributed by atoms with Gasteiger partial charge in [0.05, 0.1) is 0 Å². The van der Waals surface area contributed by atoms with Gasteiger partial charge in [-0.15, -0.1) is 0 Å². The molecule has 1 aromatic rings. The normalized spacial score (nSPS) is 21.6. The molecule has 1 atom stereocenters. The lowest BCUT2D eigenvalue weighted by atomic mass is 9.94. The minimum absolute atomic E-state index is 0.873. The zero-order valence-corrected chi connectivity index (χ0v) is 10.7. The molecule has 3 nitrogen and oxygen atoms in total. The maximum absolute atomic E-state index is 4.07. The third kappa shape index (κ3) is 4.10. The monoisotopic (exact) mass is 233 g/mol. The second-order valence-electron chi connectivity index (χ2n) is 4.99. The fraction of sp³-hybridized carbons (Fsp3) is 0.643. The Hall–Kier alpha value is -0.930. The molecule has 0 radical (unpaired) electrons. The van der Waals surface area contributed by atoms with Gasteiger partial charge in [-0.2, -0.15) is 0 Å². The van der Waals surface area contributed by atoms with Gasteiger partial charge in [-0.3, -0.25) is 9.88 Å². The van der Waals surface area contributed by atoms with Crippen molar-refractivity contribution in [3.63, 3.8) is 0 Å². The topological polar surface area (TPSA) is 28.2 Å². The highest BCUT2D eigenvalue weighted by atomic mass is 15.1. The molecule has 0 spiro atoms. The van der Waals surface area contributed by atoms with Crippen LogP contribution in [0.4, 0.5) is 0 Å². The van der Waals surface area contributed by atoms with E-state index in [4.69, 9.17) is 0 Å².